The van der Waals surface area contributed by atoms with Crippen LogP contribution in [0.25, 0.3) is 0 Å². The third kappa shape index (κ3) is 5.93. The lowest BCUT2D eigenvalue weighted by molar-refractivity contribution is -0.117. The number of nitrogens with one attached hydrogen (secondary N) is 2. The maximum Gasteiger partial charge on any atom is 0.241 e. The summed E-state index contributed by atoms with van der Waals surface area (Å²) in [6, 6.07) is 4.19. The van der Waals surface area contributed by atoms with Crippen LogP contribution in [-0.2, 0) is 14.8 Å². The second kappa shape index (κ2) is 7.42. The van der Waals surface area contributed by atoms with Crippen molar-refractivity contribution in [1.82, 2.24) is 4.72 Å². The molecule has 1 atom stereocenters. The predicted octanol–water partition coefficient (Wildman–Crippen LogP) is 2.14. The van der Waals surface area contributed by atoms with Crippen molar-refractivity contribution in [2.45, 2.75) is 63.9 Å². The van der Waals surface area contributed by atoms with E-state index in [2.05, 4.69) is 10.0 Å². The first kappa shape index (κ1) is 19.6. The van der Waals surface area contributed by atoms with Gasteiger partial charge in [-0.15, -0.1) is 0 Å². The summed E-state index contributed by atoms with van der Waals surface area (Å²) in [4.78, 5) is 12.1. The number of hydrogen-bond donors (Lipinski definition) is 3. The zero-order valence-corrected chi connectivity index (χ0v) is 15.3. The van der Waals surface area contributed by atoms with Crippen LogP contribution in [0.1, 0.15) is 46.1 Å². The fourth-order valence-corrected chi connectivity index (χ4v) is 3.79. The van der Waals surface area contributed by atoms with Gasteiger partial charge in [-0.2, -0.15) is 0 Å². The van der Waals surface area contributed by atoms with E-state index >= 15 is 0 Å². The quantitative estimate of drug-likeness (QED) is 0.738. The van der Waals surface area contributed by atoms with Gasteiger partial charge in [0.15, 0.2) is 0 Å². The molecule has 0 radical (unpaired) electrons. The van der Waals surface area contributed by atoms with Gasteiger partial charge in [0.1, 0.15) is 0 Å². The van der Waals surface area contributed by atoms with Crippen molar-refractivity contribution in [3.63, 3.8) is 0 Å². The summed E-state index contributed by atoms with van der Waals surface area (Å²) in [6.07, 6.45) is 1.38. The normalized spacial score (nSPS) is 13.7. The third-order valence-corrected chi connectivity index (χ3v) is 5.02. The number of sulfonamides is 1. The van der Waals surface area contributed by atoms with E-state index < -0.39 is 21.6 Å². The Bertz CT molecular complexity index is 664. The topological polar surface area (TPSA) is 101 Å². The lowest BCUT2D eigenvalue weighted by Crippen LogP contribution is -2.40. The molecule has 1 aromatic rings. The zero-order valence-electron chi connectivity index (χ0n) is 14.4. The van der Waals surface area contributed by atoms with Crippen molar-refractivity contribution in [3.8, 4) is 0 Å². The summed E-state index contributed by atoms with van der Waals surface area (Å²) < 4.78 is 27.6. The summed E-state index contributed by atoms with van der Waals surface area (Å²) in [5.41, 5.74) is 6.21. The molecule has 0 fully saturated rings. The number of amides is 1. The second-order valence-corrected chi connectivity index (χ2v) is 8.37. The molecule has 0 heterocycles. The highest BCUT2D eigenvalue weighted by Crippen LogP contribution is 2.22. The van der Waals surface area contributed by atoms with E-state index in [1.165, 1.54) is 6.07 Å². The largest absolute Gasteiger partial charge is 0.325 e. The molecule has 0 aliphatic rings. The number of rotatable bonds is 6. The Labute approximate surface area is 138 Å². The molecule has 1 aromatic carbocycles. The van der Waals surface area contributed by atoms with E-state index in [1.807, 2.05) is 6.92 Å². The molecule has 1 unspecified atom stereocenters. The molecule has 0 saturated heterocycles. The maximum atomic E-state index is 12.5. The molecular weight excluding hydrogens is 314 g/mol. The molecule has 1 rings (SSSR count). The Morgan fingerprint density at radius 2 is 1.91 bits per heavy atom. The molecule has 4 N–H and O–H groups in total. The fraction of sp³-hybridized carbons (Fsp3) is 0.562. The van der Waals surface area contributed by atoms with E-state index in [1.54, 1.807) is 39.8 Å². The molecular formula is C16H27N3O3S. The summed E-state index contributed by atoms with van der Waals surface area (Å²) >= 11 is 0. The minimum atomic E-state index is -3.67. The average molecular weight is 341 g/mol. The zero-order chi connectivity index (χ0) is 17.8. The van der Waals surface area contributed by atoms with Crippen LogP contribution >= 0.6 is 0 Å². The molecule has 0 aliphatic heterocycles. The van der Waals surface area contributed by atoms with E-state index in [0.717, 1.165) is 6.42 Å². The molecule has 0 bridgehead atoms. The Morgan fingerprint density at radius 1 is 1.30 bits per heavy atom. The monoisotopic (exact) mass is 341 g/mol. The van der Waals surface area contributed by atoms with Gasteiger partial charge in [0.2, 0.25) is 15.9 Å². The molecule has 0 saturated carbocycles. The van der Waals surface area contributed by atoms with Crippen molar-refractivity contribution in [3.05, 3.63) is 23.8 Å². The number of hydrogen-bond acceptors (Lipinski definition) is 4. The van der Waals surface area contributed by atoms with Gasteiger partial charge in [-0.3, -0.25) is 4.79 Å². The van der Waals surface area contributed by atoms with Crippen molar-refractivity contribution in [1.29, 1.82) is 0 Å². The summed E-state index contributed by atoms with van der Waals surface area (Å²) in [6.45, 7) is 8.98. The Kier molecular flexibility index (Phi) is 6.33. The fourth-order valence-electron chi connectivity index (χ4n) is 2.10. The smallest absolute Gasteiger partial charge is 0.241 e. The van der Waals surface area contributed by atoms with Crippen LogP contribution in [0.2, 0.25) is 0 Å². The van der Waals surface area contributed by atoms with Gasteiger partial charge in [0.25, 0.3) is 0 Å². The van der Waals surface area contributed by atoms with Crippen molar-refractivity contribution in [2.75, 3.05) is 5.32 Å². The van der Waals surface area contributed by atoms with Crippen molar-refractivity contribution in [2.24, 2.45) is 5.73 Å². The first-order chi connectivity index (χ1) is 10.5. The van der Waals surface area contributed by atoms with Crippen molar-refractivity contribution >= 4 is 21.6 Å². The number of benzene rings is 1. The first-order valence-electron chi connectivity index (χ1n) is 7.67. The van der Waals surface area contributed by atoms with Gasteiger partial charge in [0, 0.05) is 11.2 Å². The van der Waals surface area contributed by atoms with Crippen LogP contribution in [0.15, 0.2) is 23.1 Å². The molecule has 0 aliphatic carbocycles. The lowest BCUT2D eigenvalue weighted by Gasteiger charge is -2.21. The summed E-state index contributed by atoms with van der Waals surface area (Å²) in [7, 11) is -3.67. The molecule has 6 nitrogen and oxygen atoms in total. The van der Waals surface area contributed by atoms with E-state index in [9.17, 15) is 13.2 Å². The first-order valence-corrected chi connectivity index (χ1v) is 9.15. The highest BCUT2D eigenvalue weighted by atomic mass is 32.2. The Morgan fingerprint density at radius 3 is 2.43 bits per heavy atom. The van der Waals surface area contributed by atoms with E-state index in [-0.39, 0.29) is 10.8 Å². The van der Waals surface area contributed by atoms with Gasteiger partial charge < -0.3 is 11.1 Å². The van der Waals surface area contributed by atoms with Crippen molar-refractivity contribution < 1.29 is 13.2 Å². The minimum Gasteiger partial charge on any atom is -0.325 e. The summed E-state index contributed by atoms with van der Waals surface area (Å²) in [5.74, 6) is -0.317. The lowest BCUT2D eigenvalue weighted by atomic mass is 10.1. The van der Waals surface area contributed by atoms with Crippen LogP contribution in [0, 0.1) is 6.92 Å². The average Bonchev–Trinajstić information content (AvgIpc) is 2.38. The van der Waals surface area contributed by atoms with E-state index in [0.29, 0.717) is 17.7 Å². The predicted molar refractivity (Wildman–Crippen MR) is 92.8 cm³/mol. The highest BCUT2D eigenvalue weighted by molar-refractivity contribution is 7.89. The van der Waals surface area contributed by atoms with Gasteiger partial charge in [-0.1, -0.05) is 19.4 Å². The number of nitrogens with two attached hydrogens (primary N) is 1. The van der Waals surface area contributed by atoms with Gasteiger partial charge in [-0.25, -0.2) is 13.1 Å². The van der Waals surface area contributed by atoms with Crippen LogP contribution in [0.5, 0.6) is 0 Å². The SMILES string of the molecule is CCCC(N)C(=O)Nc1ccc(C)c(S(=O)(=O)NC(C)(C)C)c1. The highest BCUT2D eigenvalue weighted by Gasteiger charge is 2.24. The van der Waals surface area contributed by atoms with Crippen LogP contribution < -0.4 is 15.8 Å². The maximum absolute atomic E-state index is 12.5. The van der Waals surface area contributed by atoms with Crippen LogP contribution in [0.3, 0.4) is 0 Å². The number of carbonyl (C=O) groups excluding carboxylic acids is 1. The minimum absolute atomic E-state index is 0.147. The molecule has 0 spiro atoms. The molecule has 23 heavy (non-hydrogen) atoms. The molecule has 7 heteroatoms. The molecule has 1 amide bonds. The number of anilines is 1. The van der Waals surface area contributed by atoms with Crippen LogP contribution in [0.4, 0.5) is 5.69 Å². The summed E-state index contributed by atoms with van der Waals surface area (Å²) in [5, 5.41) is 2.67. The number of aryl methyl sites for hydroxylation is 1. The van der Waals surface area contributed by atoms with Gasteiger partial charge >= 0.3 is 0 Å². The third-order valence-electron chi connectivity index (χ3n) is 3.12. The standard InChI is InChI=1S/C16H27N3O3S/c1-6-7-13(17)15(20)18-12-9-8-11(2)14(10-12)23(21,22)19-16(3,4)5/h8-10,13,19H,6-7,17H2,1-5H3,(H,18,20). The van der Waals surface area contributed by atoms with Gasteiger partial charge in [0.05, 0.1) is 10.9 Å². The molecule has 0 aromatic heterocycles. The Balaban J connectivity index is 3.07. The van der Waals surface area contributed by atoms with Crippen LogP contribution in [-0.4, -0.2) is 25.9 Å². The van der Waals surface area contributed by atoms with Gasteiger partial charge in [-0.05, 0) is 51.8 Å². The second-order valence-electron chi connectivity index (χ2n) is 6.72. The number of carbonyl (C=O) groups is 1. The van der Waals surface area contributed by atoms with E-state index in [4.69, 9.17) is 5.73 Å². The molecule has 130 valence electrons. The Hall–Kier alpha value is -1.44.